The van der Waals surface area contributed by atoms with Crippen molar-refractivity contribution in [1.29, 1.82) is 0 Å². The van der Waals surface area contributed by atoms with E-state index in [9.17, 15) is 38.7 Å². The second-order valence-corrected chi connectivity index (χ2v) is 11.9. The molecular formula is C30H48N6O8. The number of carboxylic acids is 1. The summed E-state index contributed by atoms with van der Waals surface area (Å²) < 4.78 is 0. The van der Waals surface area contributed by atoms with E-state index in [1.165, 1.54) is 19.1 Å². The topological polar surface area (TPSA) is 217 Å². The van der Waals surface area contributed by atoms with Crippen LogP contribution in [-0.4, -0.2) is 88.7 Å². The van der Waals surface area contributed by atoms with Crippen molar-refractivity contribution in [2.24, 2.45) is 17.6 Å². The van der Waals surface area contributed by atoms with Crippen molar-refractivity contribution in [1.82, 2.24) is 26.2 Å². The molecule has 0 spiro atoms. The zero-order valence-corrected chi connectivity index (χ0v) is 25.9. The first kappa shape index (κ1) is 36.4. The molecule has 0 aromatic heterocycles. The van der Waals surface area contributed by atoms with E-state index in [0.717, 1.165) is 24.2 Å². The average molecular weight is 621 g/mol. The van der Waals surface area contributed by atoms with Crippen molar-refractivity contribution in [3.05, 3.63) is 12.2 Å². The first-order chi connectivity index (χ1) is 20.8. The normalized spacial score (nSPS) is 19.9. The molecule has 5 atom stereocenters. The fourth-order valence-electron chi connectivity index (χ4n) is 5.22. The van der Waals surface area contributed by atoms with Gasteiger partial charge in [0.25, 0.3) is 11.8 Å². The molecule has 1 aliphatic carbocycles. The second kappa shape index (κ2) is 18.1. The van der Waals surface area contributed by atoms with E-state index in [1.54, 1.807) is 13.8 Å². The third-order valence-electron chi connectivity index (χ3n) is 7.94. The van der Waals surface area contributed by atoms with Crippen molar-refractivity contribution < 1.29 is 38.7 Å². The summed E-state index contributed by atoms with van der Waals surface area (Å²) in [4.78, 5) is 86.4. The Morgan fingerprint density at radius 2 is 1.59 bits per heavy atom. The highest BCUT2D eigenvalue weighted by atomic mass is 16.4. The van der Waals surface area contributed by atoms with Gasteiger partial charge < -0.3 is 32.1 Å². The number of imide groups is 1. The third kappa shape index (κ3) is 11.7. The van der Waals surface area contributed by atoms with Crippen LogP contribution in [0.1, 0.15) is 85.0 Å². The summed E-state index contributed by atoms with van der Waals surface area (Å²) in [6.45, 7) is 5.59. The summed E-state index contributed by atoms with van der Waals surface area (Å²) >= 11 is 0. The molecule has 1 aliphatic heterocycles. The largest absolute Gasteiger partial charge is 0.480 e. The summed E-state index contributed by atoms with van der Waals surface area (Å²) in [5.74, 6) is -4.04. The van der Waals surface area contributed by atoms with E-state index in [4.69, 9.17) is 5.73 Å². The number of aliphatic carboxylic acids is 1. The van der Waals surface area contributed by atoms with Crippen molar-refractivity contribution in [3.63, 3.8) is 0 Å². The van der Waals surface area contributed by atoms with E-state index < -0.39 is 35.9 Å². The average Bonchev–Trinajstić information content (AvgIpc) is 3.53. The fraction of sp³-hybridized carbons (Fsp3) is 0.700. The smallest absolute Gasteiger partial charge is 0.326 e. The zero-order valence-electron chi connectivity index (χ0n) is 25.9. The molecule has 0 saturated heterocycles. The SMILES string of the molecule is CC(NC(=O)[C@@H](NC(=O)CCCCCN1C(=O)C=CC1=O)C(C)C)C(=O)NC(CCCCNC(=O)C1CCCC1N)C(=O)O. The molecule has 7 N–H and O–H groups in total. The lowest BCUT2D eigenvalue weighted by Crippen LogP contribution is -2.56. The van der Waals surface area contributed by atoms with E-state index in [2.05, 4.69) is 21.3 Å². The lowest BCUT2D eigenvalue weighted by Gasteiger charge is -2.24. The van der Waals surface area contributed by atoms with Gasteiger partial charge in [0.2, 0.25) is 23.6 Å². The predicted octanol–water partition coefficient (Wildman–Crippen LogP) is 0.101. The van der Waals surface area contributed by atoms with Gasteiger partial charge in [-0.15, -0.1) is 0 Å². The van der Waals surface area contributed by atoms with Crippen LogP contribution in [0.3, 0.4) is 0 Å². The second-order valence-electron chi connectivity index (χ2n) is 11.9. The number of carbonyl (C=O) groups excluding carboxylic acids is 6. The van der Waals surface area contributed by atoms with Crippen LogP contribution in [0.2, 0.25) is 0 Å². The third-order valence-corrected chi connectivity index (χ3v) is 7.94. The van der Waals surface area contributed by atoms with Gasteiger partial charge in [0.1, 0.15) is 18.1 Å². The van der Waals surface area contributed by atoms with Gasteiger partial charge in [0, 0.05) is 37.7 Å². The molecule has 0 radical (unpaired) electrons. The van der Waals surface area contributed by atoms with Crippen LogP contribution in [0.5, 0.6) is 0 Å². The number of carbonyl (C=O) groups is 7. The minimum atomic E-state index is -1.21. The van der Waals surface area contributed by atoms with Gasteiger partial charge in [-0.2, -0.15) is 0 Å². The molecule has 14 nitrogen and oxygen atoms in total. The number of unbranched alkanes of at least 4 members (excludes halogenated alkanes) is 3. The summed E-state index contributed by atoms with van der Waals surface area (Å²) in [6.07, 6.45) is 7.90. The highest BCUT2D eigenvalue weighted by molar-refractivity contribution is 6.12. The van der Waals surface area contributed by atoms with Gasteiger partial charge in [-0.1, -0.05) is 26.7 Å². The highest BCUT2D eigenvalue weighted by Crippen LogP contribution is 2.23. The van der Waals surface area contributed by atoms with Gasteiger partial charge in [0.15, 0.2) is 0 Å². The van der Waals surface area contributed by atoms with Crippen LogP contribution in [0, 0.1) is 11.8 Å². The van der Waals surface area contributed by atoms with Crippen LogP contribution in [-0.2, 0) is 33.6 Å². The van der Waals surface area contributed by atoms with E-state index in [-0.39, 0.29) is 60.9 Å². The number of hydrogen-bond acceptors (Lipinski definition) is 8. The Balaban J connectivity index is 1.71. The molecule has 44 heavy (non-hydrogen) atoms. The maximum absolute atomic E-state index is 12.9. The lowest BCUT2D eigenvalue weighted by molar-refractivity contribution is -0.142. The van der Waals surface area contributed by atoms with Crippen LogP contribution in [0.4, 0.5) is 0 Å². The van der Waals surface area contributed by atoms with Crippen LogP contribution < -0.4 is 27.0 Å². The number of carboxylic acid groups (broad SMARTS) is 1. The van der Waals surface area contributed by atoms with Gasteiger partial charge in [0.05, 0.1) is 5.92 Å². The van der Waals surface area contributed by atoms with Gasteiger partial charge in [-0.25, -0.2) is 4.79 Å². The molecule has 4 unspecified atom stereocenters. The maximum Gasteiger partial charge on any atom is 0.326 e. The summed E-state index contributed by atoms with van der Waals surface area (Å²) in [5, 5.41) is 20.1. The van der Waals surface area contributed by atoms with Crippen molar-refractivity contribution in [2.75, 3.05) is 13.1 Å². The van der Waals surface area contributed by atoms with Crippen LogP contribution >= 0.6 is 0 Å². The van der Waals surface area contributed by atoms with E-state index in [1.807, 2.05) is 0 Å². The van der Waals surface area contributed by atoms with Gasteiger partial charge >= 0.3 is 5.97 Å². The Kier molecular flexibility index (Phi) is 15.0. The van der Waals surface area contributed by atoms with Crippen molar-refractivity contribution >= 4 is 41.4 Å². The molecule has 2 aliphatic rings. The Labute approximate surface area is 258 Å². The molecule has 1 fully saturated rings. The van der Waals surface area contributed by atoms with Gasteiger partial charge in [-0.05, 0) is 57.8 Å². The number of hydrogen-bond donors (Lipinski definition) is 6. The summed E-state index contributed by atoms with van der Waals surface area (Å²) in [5.41, 5.74) is 5.96. The molecule has 0 bridgehead atoms. The minimum Gasteiger partial charge on any atom is -0.480 e. The Bertz CT molecular complexity index is 1080. The minimum absolute atomic E-state index is 0.0816. The molecule has 0 aromatic carbocycles. The number of nitrogens with one attached hydrogen (secondary N) is 4. The molecule has 246 valence electrons. The molecule has 6 amide bonds. The van der Waals surface area contributed by atoms with Gasteiger partial charge in [-0.3, -0.25) is 33.7 Å². The Morgan fingerprint density at radius 1 is 0.909 bits per heavy atom. The molecule has 1 saturated carbocycles. The highest BCUT2D eigenvalue weighted by Gasteiger charge is 2.31. The monoisotopic (exact) mass is 620 g/mol. The number of amides is 6. The van der Waals surface area contributed by atoms with Crippen LogP contribution in [0.15, 0.2) is 12.2 Å². The molecule has 0 aromatic rings. The Hall–Kier alpha value is -3.81. The molecule has 2 rings (SSSR count). The molecule has 14 heteroatoms. The summed E-state index contributed by atoms with van der Waals surface area (Å²) in [6, 6.07) is -3.26. The Morgan fingerprint density at radius 3 is 2.18 bits per heavy atom. The molecular weight excluding hydrogens is 572 g/mol. The maximum atomic E-state index is 12.9. The van der Waals surface area contributed by atoms with E-state index >= 15 is 0 Å². The lowest BCUT2D eigenvalue weighted by atomic mass is 10.0. The summed E-state index contributed by atoms with van der Waals surface area (Å²) in [7, 11) is 0. The number of nitrogens with zero attached hydrogens (tertiary/aromatic N) is 1. The first-order valence-corrected chi connectivity index (χ1v) is 15.5. The standard InChI is InChI=1S/C30H48N6O8/c1-18(2)26(35-23(37)13-5-4-8-17-36-24(38)14-15-25(36)39)29(42)33-19(3)27(40)34-22(30(43)44)12-6-7-16-32-28(41)20-10-9-11-21(20)31/h14-15,18-22,26H,4-13,16-17,31H2,1-3H3,(H,32,41)(H,33,42)(H,34,40)(H,35,37)(H,43,44)/t19?,20?,21?,22?,26-/m0/s1. The zero-order chi connectivity index (χ0) is 32.8. The first-order valence-electron chi connectivity index (χ1n) is 15.5. The predicted molar refractivity (Wildman–Crippen MR) is 160 cm³/mol. The molecule has 1 heterocycles. The van der Waals surface area contributed by atoms with E-state index in [0.29, 0.717) is 38.6 Å². The van der Waals surface area contributed by atoms with Crippen LogP contribution in [0.25, 0.3) is 0 Å². The van der Waals surface area contributed by atoms with Crippen molar-refractivity contribution in [2.45, 2.75) is 109 Å². The quantitative estimate of drug-likeness (QED) is 0.0851. The number of rotatable bonds is 19. The fourth-order valence-corrected chi connectivity index (χ4v) is 5.22. The number of nitrogens with two attached hydrogens (primary N) is 1. The van der Waals surface area contributed by atoms with Crippen molar-refractivity contribution in [3.8, 4) is 0 Å².